The van der Waals surface area contributed by atoms with Crippen molar-refractivity contribution in [2.75, 3.05) is 25.6 Å². The first-order valence-electron chi connectivity index (χ1n) is 8.19. The number of benzene rings is 2. The van der Waals surface area contributed by atoms with Crippen LogP contribution in [0.3, 0.4) is 0 Å². The predicted octanol–water partition coefficient (Wildman–Crippen LogP) is 3.15. The molecule has 0 radical (unpaired) electrons. The van der Waals surface area contributed by atoms with Crippen molar-refractivity contribution in [1.29, 1.82) is 0 Å². The molecule has 1 N–H and O–H groups in total. The normalized spacial score (nSPS) is 16.4. The van der Waals surface area contributed by atoms with E-state index in [1.165, 1.54) is 6.07 Å². The summed E-state index contributed by atoms with van der Waals surface area (Å²) in [4.78, 5) is 25.2. The van der Waals surface area contributed by atoms with Gasteiger partial charge in [0.15, 0.2) is 0 Å². The van der Waals surface area contributed by atoms with Gasteiger partial charge in [-0.2, -0.15) is 0 Å². The largest absolute Gasteiger partial charge is 0.383 e. The van der Waals surface area contributed by atoms with Gasteiger partial charge < -0.3 is 15.0 Å². The Bertz CT molecular complexity index is 850. The number of methoxy groups -OCH3 is 1. The molecule has 1 atom stereocenters. The van der Waals surface area contributed by atoms with Crippen LogP contribution < -0.4 is 5.32 Å². The Kier molecular flexibility index (Phi) is 5.28. The fraction of sp³-hybridized carbons (Fsp3) is 0.211. The predicted molar refractivity (Wildman–Crippen MR) is 98.9 cm³/mol. The molecule has 0 bridgehead atoms. The molecule has 2 aromatic carbocycles. The molecule has 0 fully saturated rings. The monoisotopic (exact) mass is 353 g/mol. The molecule has 7 heteroatoms. The van der Waals surface area contributed by atoms with Crippen molar-refractivity contribution in [2.45, 2.75) is 6.17 Å². The van der Waals surface area contributed by atoms with E-state index in [0.717, 1.165) is 5.69 Å². The summed E-state index contributed by atoms with van der Waals surface area (Å²) in [6.45, 7) is 0.800. The molecule has 0 spiro atoms. The standard InChI is InChI=1S/C19H19N3O4/c1-26-13-12-21-18(20-16-8-4-3-7-15(16)19(21)23)11-10-14-6-2-5-9-17(14)22(24)25/h2-11,18,20H,12-13H2,1H3/b11-10+. The number of nitro groups is 1. The summed E-state index contributed by atoms with van der Waals surface area (Å²) in [7, 11) is 1.58. The lowest BCUT2D eigenvalue weighted by Gasteiger charge is -2.36. The lowest BCUT2D eigenvalue weighted by molar-refractivity contribution is -0.385. The van der Waals surface area contributed by atoms with Crippen molar-refractivity contribution in [3.8, 4) is 0 Å². The Morgan fingerprint density at radius 3 is 2.73 bits per heavy atom. The minimum absolute atomic E-state index is 0.0229. The first kappa shape index (κ1) is 17.6. The van der Waals surface area contributed by atoms with Gasteiger partial charge in [0.05, 0.1) is 22.7 Å². The highest BCUT2D eigenvalue weighted by Crippen LogP contribution is 2.26. The molecule has 1 heterocycles. The Morgan fingerprint density at radius 2 is 1.96 bits per heavy atom. The maximum atomic E-state index is 12.8. The average Bonchev–Trinajstić information content (AvgIpc) is 2.66. The maximum Gasteiger partial charge on any atom is 0.276 e. The van der Waals surface area contributed by atoms with Crippen LogP contribution in [0.25, 0.3) is 6.08 Å². The molecule has 0 saturated carbocycles. The minimum Gasteiger partial charge on any atom is -0.383 e. The Hall–Kier alpha value is -3.19. The van der Waals surface area contributed by atoms with Gasteiger partial charge in [-0.25, -0.2) is 0 Å². The molecule has 0 aromatic heterocycles. The van der Waals surface area contributed by atoms with Gasteiger partial charge in [0, 0.05) is 25.4 Å². The van der Waals surface area contributed by atoms with Crippen LogP contribution in [0, 0.1) is 10.1 Å². The number of amides is 1. The quantitative estimate of drug-likeness (QED) is 0.637. The van der Waals surface area contributed by atoms with Crippen molar-refractivity contribution in [3.63, 3.8) is 0 Å². The summed E-state index contributed by atoms with van der Waals surface area (Å²) in [5, 5.41) is 14.5. The topological polar surface area (TPSA) is 84.7 Å². The highest BCUT2D eigenvalue weighted by molar-refractivity contribution is 6.01. The number of nitrogens with one attached hydrogen (secondary N) is 1. The summed E-state index contributed by atoms with van der Waals surface area (Å²) in [5.74, 6) is -0.103. The second-order valence-corrected chi connectivity index (χ2v) is 5.80. The lowest BCUT2D eigenvalue weighted by Crippen LogP contribution is -2.49. The molecule has 7 nitrogen and oxygen atoms in total. The lowest BCUT2D eigenvalue weighted by atomic mass is 10.1. The molecule has 1 unspecified atom stereocenters. The van der Waals surface area contributed by atoms with E-state index in [9.17, 15) is 14.9 Å². The number of carbonyl (C=O) groups excluding carboxylic acids is 1. The van der Waals surface area contributed by atoms with Gasteiger partial charge in [-0.1, -0.05) is 24.3 Å². The van der Waals surface area contributed by atoms with Crippen LogP contribution in [0.1, 0.15) is 15.9 Å². The van der Waals surface area contributed by atoms with Gasteiger partial charge in [-0.05, 0) is 30.4 Å². The van der Waals surface area contributed by atoms with Crippen molar-refractivity contribution in [3.05, 3.63) is 75.8 Å². The zero-order valence-electron chi connectivity index (χ0n) is 14.3. The highest BCUT2D eigenvalue weighted by Gasteiger charge is 2.30. The summed E-state index contributed by atoms with van der Waals surface area (Å²) < 4.78 is 5.11. The molecule has 3 rings (SSSR count). The summed E-state index contributed by atoms with van der Waals surface area (Å²) in [5.41, 5.74) is 1.84. The van der Waals surface area contributed by atoms with Crippen LogP contribution in [0.4, 0.5) is 11.4 Å². The Morgan fingerprint density at radius 1 is 1.23 bits per heavy atom. The van der Waals surface area contributed by atoms with E-state index in [1.807, 2.05) is 18.2 Å². The number of hydrogen-bond donors (Lipinski definition) is 1. The van der Waals surface area contributed by atoms with Gasteiger partial charge >= 0.3 is 0 Å². The van der Waals surface area contributed by atoms with Crippen molar-refractivity contribution < 1.29 is 14.5 Å². The molecular weight excluding hydrogens is 334 g/mol. The molecular formula is C19H19N3O4. The van der Waals surface area contributed by atoms with Crippen LogP contribution in [0.5, 0.6) is 0 Å². The van der Waals surface area contributed by atoms with Crippen molar-refractivity contribution in [2.24, 2.45) is 0 Å². The number of rotatable bonds is 6. The van der Waals surface area contributed by atoms with E-state index < -0.39 is 11.1 Å². The molecule has 1 aliphatic heterocycles. The van der Waals surface area contributed by atoms with Gasteiger partial charge in [-0.3, -0.25) is 14.9 Å². The molecule has 134 valence electrons. The summed E-state index contributed by atoms with van der Waals surface area (Å²) in [6, 6.07) is 13.8. The number of nitro benzene ring substituents is 1. The van der Waals surface area contributed by atoms with Gasteiger partial charge in [-0.15, -0.1) is 0 Å². The van der Waals surface area contributed by atoms with E-state index in [4.69, 9.17) is 4.74 Å². The first-order valence-corrected chi connectivity index (χ1v) is 8.19. The van der Waals surface area contributed by atoms with Crippen LogP contribution in [0.2, 0.25) is 0 Å². The third-order valence-corrected chi connectivity index (χ3v) is 4.19. The van der Waals surface area contributed by atoms with Crippen molar-refractivity contribution >= 4 is 23.4 Å². The van der Waals surface area contributed by atoms with Gasteiger partial charge in [0.1, 0.15) is 6.17 Å². The first-order chi connectivity index (χ1) is 12.6. The number of para-hydroxylation sites is 2. The van der Waals surface area contributed by atoms with E-state index in [1.54, 1.807) is 48.4 Å². The Balaban J connectivity index is 1.92. The molecule has 0 saturated heterocycles. The average molecular weight is 353 g/mol. The maximum absolute atomic E-state index is 12.8. The summed E-state index contributed by atoms with van der Waals surface area (Å²) >= 11 is 0. The second-order valence-electron chi connectivity index (χ2n) is 5.80. The number of anilines is 1. The zero-order chi connectivity index (χ0) is 18.5. The van der Waals surface area contributed by atoms with E-state index in [0.29, 0.717) is 24.3 Å². The van der Waals surface area contributed by atoms with E-state index in [2.05, 4.69) is 5.32 Å². The minimum atomic E-state index is -0.424. The molecule has 1 aliphatic rings. The number of hydrogen-bond acceptors (Lipinski definition) is 5. The number of fused-ring (bicyclic) bond motifs is 1. The number of nitrogens with zero attached hydrogens (tertiary/aromatic N) is 2. The van der Waals surface area contributed by atoms with E-state index >= 15 is 0 Å². The smallest absolute Gasteiger partial charge is 0.276 e. The molecule has 26 heavy (non-hydrogen) atoms. The fourth-order valence-electron chi connectivity index (χ4n) is 2.89. The zero-order valence-corrected chi connectivity index (χ0v) is 14.3. The third-order valence-electron chi connectivity index (χ3n) is 4.19. The van der Waals surface area contributed by atoms with Gasteiger partial charge in [0.2, 0.25) is 0 Å². The van der Waals surface area contributed by atoms with Crippen LogP contribution in [-0.2, 0) is 4.74 Å². The Labute approximate surface area is 151 Å². The van der Waals surface area contributed by atoms with Crippen molar-refractivity contribution in [1.82, 2.24) is 4.90 Å². The van der Waals surface area contributed by atoms with Crippen LogP contribution >= 0.6 is 0 Å². The number of carbonyl (C=O) groups is 1. The van der Waals surface area contributed by atoms with E-state index in [-0.39, 0.29) is 11.6 Å². The van der Waals surface area contributed by atoms with Crippen LogP contribution in [-0.4, -0.2) is 42.2 Å². The van der Waals surface area contributed by atoms with Gasteiger partial charge in [0.25, 0.3) is 11.6 Å². The second kappa shape index (κ2) is 7.79. The summed E-state index contributed by atoms with van der Waals surface area (Å²) in [6.07, 6.45) is 3.00. The molecule has 1 amide bonds. The third kappa shape index (κ3) is 3.57. The van der Waals surface area contributed by atoms with Crippen LogP contribution in [0.15, 0.2) is 54.6 Å². The molecule has 2 aromatic rings. The molecule has 0 aliphatic carbocycles. The SMILES string of the molecule is COCCN1C(=O)c2ccccc2NC1/C=C/c1ccccc1[N+](=O)[O-]. The fourth-order valence-corrected chi connectivity index (χ4v) is 2.89. The highest BCUT2D eigenvalue weighted by atomic mass is 16.6. The number of ether oxygens (including phenoxy) is 1.